The Morgan fingerprint density at radius 1 is 1.40 bits per heavy atom. The Hall–Kier alpha value is -1.93. The summed E-state index contributed by atoms with van der Waals surface area (Å²) in [7, 11) is 0. The molecule has 7 nitrogen and oxygen atoms in total. The number of morpholine rings is 1. The lowest BCUT2D eigenvalue weighted by atomic mass is 10.3. The van der Waals surface area contributed by atoms with Crippen molar-refractivity contribution < 1.29 is 14.3 Å². The van der Waals surface area contributed by atoms with Crippen LogP contribution in [-0.4, -0.2) is 55.4 Å². The third-order valence-electron chi connectivity index (χ3n) is 3.94. The van der Waals surface area contributed by atoms with Crippen LogP contribution in [0.15, 0.2) is 6.07 Å². The minimum Gasteiger partial charge on any atom is -0.466 e. The first-order valence-corrected chi connectivity index (χ1v) is 9.49. The van der Waals surface area contributed by atoms with Gasteiger partial charge in [-0.2, -0.15) is 0 Å². The predicted molar refractivity (Wildman–Crippen MR) is 99.5 cm³/mol. The van der Waals surface area contributed by atoms with Crippen molar-refractivity contribution in [2.45, 2.75) is 26.7 Å². The lowest BCUT2D eigenvalue weighted by molar-refractivity contribution is -0.143. The highest BCUT2D eigenvalue weighted by Crippen LogP contribution is 2.35. The monoisotopic (exact) mass is 364 g/mol. The normalized spacial score (nSPS) is 14.7. The number of thiophene rings is 1. The second-order valence-corrected chi connectivity index (χ2v) is 6.91. The van der Waals surface area contributed by atoms with E-state index in [0.717, 1.165) is 66.1 Å². The average Bonchev–Trinajstić information content (AvgIpc) is 3.01. The highest BCUT2D eigenvalue weighted by Gasteiger charge is 2.18. The fraction of sp³-hybridized carbons (Fsp3) is 0.588. The lowest BCUT2D eigenvalue weighted by Crippen LogP contribution is -2.36. The van der Waals surface area contributed by atoms with Crippen LogP contribution in [0, 0.1) is 6.92 Å². The number of nitrogens with one attached hydrogen (secondary N) is 1. The van der Waals surface area contributed by atoms with Gasteiger partial charge in [-0.25, -0.2) is 9.97 Å². The van der Waals surface area contributed by atoms with Gasteiger partial charge in [-0.15, -0.1) is 11.3 Å². The van der Waals surface area contributed by atoms with Crippen molar-refractivity contribution in [1.29, 1.82) is 0 Å². The molecule has 8 heteroatoms. The second kappa shape index (κ2) is 8.44. The van der Waals surface area contributed by atoms with Crippen LogP contribution >= 0.6 is 11.3 Å². The number of rotatable bonds is 7. The molecule has 3 rings (SSSR count). The largest absolute Gasteiger partial charge is 0.466 e. The molecule has 3 heterocycles. The van der Waals surface area contributed by atoms with Gasteiger partial charge in [0.1, 0.15) is 5.82 Å². The molecule has 0 atom stereocenters. The van der Waals surface area contributed by atoms with E-state index in [9.17, 15) is 4.79 Å². The summed E-state index contributed by atoms with van der Waals surface area (Å²) in [5, 5.41) is 4.43. The molecule has 0 radical (unpaired) electrons. The molecule has 1 fully saturated rings. The number of nitrogens with zero attached hydrogens (tertiary/aromatic N) is 3. The van der Waals surface area contributed by atoms with Gasteiger partial charge in [0.05, 0.1) is 35.0 Å². The topological polar surface area (TPSA) is 76.6 Å². The maximum Gasteiger partial charge on any atom is 0.305 e. The Bertz CT molecular complexity index is 728. The smallest absolute Gasteiger partial charge is 0.305 e. The van der Waals surface area contributed by atoms with Crippen molar-refractivity contribution in [2.24, 2.45) is 0 Å². The molecular formula is C17H24N4O3S. The van der Waals surface area contributed by atoms with Gasteiger partial charge in [0.15, 0.2) is 5.82 Å². The summed E-state index contributed by atoms with van der Waals surface area (Å²) in [6.45, 7) is 8.08. The first-order chi connectivity index (χ1) is 12.2. The van der Waals surface area contributed by atoms with Crippen LogP contribution in [0.3, 0.4) is 0 Å². The van der Waals surface area contributed by atoms with Crippen LogP contribution < -0.4 is 10.2 Å². The Morgan fingerprint density at radius 2 is 2.20 bits per heavy atom. The Kier molecular flexibility index (Phi) is 6.04. The Morgan fingerprint density at radius 3 is 2.96 bits per heavy atom. The zero-order valence-corrected chi connectivity index (χ0v) is 15.5. The SMILES string of the molecule is CCOC(=O)CCCNc1cc2nc(C)nc(N3CCOCC3)c2s1. The van der Waals surface area contributed by atoms with Gasteiger partial charge in [-0.05, 0) is 26.3 Å². The quantitative estimate of drug-likeness (QED) is 0.598. The lowest BCUT2D eigenvalue weighted by Gasteiger charge is -2.28. The van der Waals surface area contributed by atoms with Crippen LogP contribution in [0.5, 0.6) is 0 Å². The average molecular weight is 364 g/mol. The van der Waals surface area contributed by atoms with E-state index in [1.807, 2.05) is 13.8 Å². The zero-order valence-electron chi connectivity index (χ0n) is 14.7. The zero-order chi connectivity index (χ0) is 17.6. The van der Waals surface area contributed by atoms with Gasteiger partial charge >= 0.3 is 5.97 Å². The summed E-state index contributed by atoms with van der Waals surface area (Å²) in [5.74, 6) is 1.63. The van der Waals surface area contributed by atoms with Crippen molar-refractivity contribution in [3.05, 3.63) is 11.9 Å². The second-order valence-electron chi connectivity index (χ2n) is 5.85. The van der Waals surface area contributed by atoms with E-state index in [0.29, 0.717) is 13.0 Å². The van der Waals surface area contributed by atoms with Crippen LogP contribution in [0.25, 0.3) is 10.2 Å². The Balaban J connectivity index is 1.68. The van der Waals surface area contributed by atoms with E-state index in [4.69, 9.17) is 9.47 Å². The molecule has 1 N–H and O–H groups in total. The summed E-state index contributed by atoms with van der Waals surface area (Å²) in [6, 6.07) is 2.06. The van der Waals surface area contributed by atoms with E-state index in [-0.39, 0.29) is 5.97 Å². The van der Waals surface area contributed by atoms with Crippen molar-refractivity contribution in [2.75, 3.05) is 49.7 Å². The molecule has 1 aliphatic rings. The Labute approximate surface area is 151 Å². The highest BCUT2D eigenvalue weighted by molar-refractivity contribution is 7.23. The number of anilines is 2. The number of hydrogen-bond donors (Lipinski definition) is 1. The van der Waals surface area contributed by atoms with Crippen LogP contribution in [0.4, 0.5) is 10.8 Å². The van der Waals surface area contributed by atoms with Crippen molar-refractivity contribution >= 4 is 38.3 Å². The minimum absolute atomic E-state index is 0.142. The van der Waals surface area contributed by atoms with E-state index in [1.54, 1.807) is 11.3 Å². The van der Waals surface area contributed by atoms with Crippen LogP contribution in [0.2, 0.25) is 0 Å². The first-order valence-electron chi connectivity index (χ1n) is 8.67. The molecular weight excluding hydrogens is 340 g/mol. The molecule has 25 heavy (non-hydrogen) atoms. The standard InChI is InChI=1S/C17H24N4O3S/c1-3-24-15(22)5-4-6-18-14-11-13-16(25-14)17(20-12(2)19-13)21-7-9-23-10-8-21/h11,18H,3-10H2,1-2H3. The molecule has 0 spiro atoms. The maximum absolute atomic E-state index is 11.4. The van der Waals surface area contributed by atoms with E-state index < -0.39 is 0 Å². The number of aryl methyl sites for hydroxylation is 1. The molecule has 0 aliphatic carbocycles. The van der Waals surface area contributed by atoms with Gasteiger partial charge in [0, 0.05) is 26.1 Å². The molecule has 2 aromatic heterocycles. The van der Waals surface area contributed by atoms with Gasteiger partial charge in [0.2, 0.25) is 0 Å². The molecule has 0 saturated carbocycles. The minimum atomic E-state index is -0.142. The number of carbonyl (C=O) groups excluding carboxylic acids is 1. The maximum atomic E-state index is 11.4. The summed E-state index contributed by atoms with van der Waals surface area (Å²) >= 11 is 1.66. The van der Waals surface area contributed by atoms with Gasteiger partial charge in [0.25, 0.3) is 0 Å². The van der Waals surface area contributed by atoms with Crippen molar-refractivity contribution in [3.8, 4) is 0 Å². The number of fused-ring (bicyclic) bond motifs is 1. The van der Waals surface area contributed by atoms with E-state index in [2.05, 4.69) is 26.3 Å². The third-order valence-corrected chi connectivity index (χ3v) is 5.02. The number of carbonyl (C=O) groups is 1. The molecule has 0 amide bonds. The summed E-state index contributed by atoms with van der Waals surface area (Å²) in [6.07, 6.45) is 1.18. The fourth-order valence-electron chi connectivity index (χ4n) is 2.78. The molecule has 0 aromatic carbocycles. The fourth-order valence-corrected chi connectivity index (χ4v) is 3.82. The summed E-state index contributed by atoms with van der Waals surface area (Å²) in [4.78, 5) is 22.9. The first kappa shape index (κ1) is 17.9. The van der Waals surface area contributed by atoms with Crippen LogP contribution in [-0.2, 0) is 14.3 Å². The predicted octanol–water partition coefficient (Wildman–Crippen LogP) is 2.59. The number of hydrogen-bond acceptors (Lipinski definition) is 8. The molecule has 2 aromatic rings. The van der Waals surface area contributed by atoms with Gasteiger partial charge in [-0.3, -0.25) is 4.79 Å². The van der Waals surface area contributed by atoms with Crippen molar-refractivity contribution in [3.63, 3.8) is 0 Å². The van der Waals surface area contributed by atoms with Crippen molar-refractivity contribution in [1.82, 2.24) is 9.97 Å². The highest BCUT2D eigenvalue weighted by atomic mass is 32.1. The molecule has 1 aliphatic heterocycles. The van der Waals surface area contributed by atoms with E-state index >= 15 is 0 Å². The summed E-state index contributed by atoms with van der Waals surface area (Å²) < 4.78 is 11.5. The molecule has 0 bridgehead atoms. The molecule has 136 valence electrons. The third kappa shape index (κ3) is 4.58. The van der Waals surface area contributed by atoms with E-state index in [1.165, 1.54) is 0 Å². The van der Waals surface area contributed by atoms with Crippen LogP contribution in [0.1, 0.15) is 25.6 Å². The van der Waals surface area contributed by atoms with Gasteiger partial charge in [-0.1, -0.05) is 0 Å². The molecule has 0 unspecified atom stereocenters. The number of ether oxygens (including phenoxy) is 2. The summed E-state index contributed by atoms with van der Waals surface area (Å²) in [5.41, 5.74) is 0.965. The molecule has 1 saturated heterocycles. The van der Waals surface area contributed by atoms with Gasteiger partial charge < -0.3 is 19.7 Å². The number of esters is 1. The number of aromatic nitrogens is 2.